The van der Waals surface area contributed by atoms with Crippen molar-refractivity contribution in [2.24, 2.45) is 0 Å². The Labute approximate surface area is 92.7 Å². The molecule has 1 rings (SSSR count). The monoisotopic (exact) mass is 201 g/mol. The van der Waals surface area contributed by atoms with Crippen molar-refractivity contribution in [3.8, 4) is 0 Å². The Morgan fingerprint density at radius 2 is 2.07 bits per heavy atom. The molecule has 0 saturated carbocycles. The smallest absolute Gasteiger partial charge is 0.0442 e. The molecule has 0 amide bonds. The number of rotatable bonds is 4. The van der Waals surface area contributed by atoms with Crippen LogP contribution in [0.4, 0.5) is 5.69 Å². The fourth-order valence-corrected chi connectivity index (χ4v) is 1.54. The van der Waals surface area contributed by atoms with Gasteiger partial charge in [0.05, 0.1) is 0 Å². The van der Waals surface area contributed by atoms with Crippen LogP contribution >= 0.6 is 0 Å². The number of benzene rings is 1. The third-order valence-electron chi connectivity index (χ3n) is 2.50. The highest BCUT2D eigenvalue weighted by molar-refractivity contribution is 5.80. The lowest BCUT2D eigenvalue weighted by Gasteiger charge is -2.20. The molecule has 1 aromatic rings. The summed E-state index contributed by atoms with van der Waals surface area (Å²) in [5.74, 6) is 0. The van der Waals surface area contributed by atoms with E-state index >= 15 is 0 Å². The molecule has 0 aliphatic rings. The molecular weight excluding hydrogens is 182 g/mol. The number of allylic oxidation sites excluding steroid dienone is 3. The third kappa shape index (κ3) is 2.72. The van der Waals surface area contributed by atoms with E-state index in [1.165, 1.54) is 11.3 Å². The lowest BCUT2D eigenvalue weighted by Crippen LogP contribution is -2.17. The Kier molecular flexibility index (Phi) is 4.17. The van der Waals surface area contributed by atoms with Gasteiger partial charge in [0.25, 0.3) is 0 Å². The number of hydrogen-bond acceptors (Lipinski definition) is 1. The quantitative estimate of drug-likeness (QED) is 0.671. The SMILES string of the molecule is C=C(/C=C\C)c1ccccc1N(C)CC. The van der Waals surface area contributed by atoms with Gasteiger partial charge in [0.1, 0.15) is 0 Å². The highest BCUT2D eigenvalue weighted by atomic mass is 15.1. The van der Waals surface area contributed by atoms with Gasteiger partial charge in [-0.2, -0.15) is 0 Å². The molecule has 0 fully saturated rings. The van der Waals surface area contributed by atoms with Gasteiger partial charge in [-0.25, -0.2) is 0 Å². The van der Waals surface area contributed by atoms with Crippen LogP contribution in [-0.4, -0.2) is 13.6 Å². The molecule has 0 saturated heterocycles. The summed E-state index contributed by atoms with van der Waals surface area (Å²) in [6.45, 7) is 9.24. The van der Waals surface area contributed by atoms with Crippen LogP contribution in [0.3, 0.4) is 0 Å². The molecule has 1 aromatic carbocycles. The molecule has 0 radical (unpaired) electrons. The largest absolute Gasteiger partial charge is 0.374 e. The minimum absolute atomic E-state index is 1.00. The first-order valence-electron chi connectivity index (χ1n) is 5.32. The third-order valence-corrected chi connectivity index (χ3v) is 2.50. The van der Waals surface area contributed by atoms with Gasteiger partial charge in [0.15, 0.2) is 0 Å². The molecule has 0 atom stereocenters. The van der Waals surface area contributed by atoms with Crippen molar-refractivity contribution in [2.75, 3.05) is 18.5 Å². The minimum Gasteiger partial charge on any atom is -0.374 e. The lowest BCUT2D eigenvalue weighted by atomic mass is 10.0. The van der Waals surface area contributed by atoms with Crippen molar-refractivity contribution in [1.29, 1.82) is 0 Å². The van der Waals surface area contributed by atoms with Crippen molar-refractivity contribution in [3.63, 3.8) is 0 Å². The highest BCUT2D eigenvalue weighted by Crippen LogP contribution is 2.25. The molecule has 0 aliphatic heterocycles. The first kappa shape index (κ1) is 11.6. The van der Waals surface area contributed by atoms with E-state index < -0.39 is 0 Å². The van der Waals surface area contributed by atoms with E-state index in [-0.39, 0.29) is 0 Å². The molecule has 80 valence electrons. The van der Waals surface area contributed by atoms with Crippen LogP contribution in [0.5, 0.6) is 0 Å². The first-order chi connectivity index (χ1) is 7.20. The van der Waals surface area contributed by atoms with E-state index in [0.29, 0.717) is 0 Å². The van der Waals surface area contributed by atoms with Gasteiger partial charge in [0.2, 0.25) is 0 Å². The van der Waals surface area contributed by atoms with Crippen molar-refractivity contribution < 1.29 is 0 Å². The van der Waals surface area contributed by atoms with Gasteiger partial charge in [-0.3, -0.25) is 0 Å². The minimum atomic E-state index is 1.00. The van der Waals surface area contributed by atoms with Crippen molar-refractivity contribution in [3.05, 3.63) is 48.6 Å². The van der Waals surface area contributed by atoms with Crippen LogP contribution in [0.15, 0.2) is 43.0 Å². The van der Waals surface area contributed by atoms with Gasteiger partial charge in [-0.1, -0.05) is 36.9 Å². The number of anilines is 1. The zero-order valence-corrected chi connectivity index (χ0v) is 9.83. The fraction of sp³-hybridized carbons (Fsp3) is 0.286. The van der Waals surface area contributed by atoms with Crippen molar-refractivity contribution in [2.45, 2.75) is 13.8 Å². The second kappa shape index (κ2) is 5.40. The maximum atomic E-state index is 4.08. The molecule has 0 bridgehead atoms. The summed E-state index contributed by atoms with van der Waals surface area (Å²) >= 11 is 0. The molecule has 0 aromatic heterocycles. The summed E-state index contributed by atoms with van der Waals surface area (Å²) in [4.78, 5) is 2.23. The number of nitrogens with zero attached hydrogens (tertiary/aromatic N) is 1. The molecular formula is C14H19N. The summed E-state index contributed by atoms with van der Waals surface area (Å²) in [6, 6.07) is 8.36. The van der Waals surface area contributed by atoms with E-state index in [0.717, 1.165) is 12.1 Å². The Hall–Kier alpha value is -1.50. The Balaban J connectivity index is 3.11. The van der Waals surface area contributed by atoms with Gasteiger partial charge >= 0.3 is 0 Å². The van der Waals surface area contributed by atoms with E-state index in [1.807, 2.05) is 19.1 Å². The predicted octanol–water partition coefficient (Wildman–Crippen LogP) is 3.73. The summed E-state index contributed by atoms with van der Waals surface area (Å²) in [7, 11) is 2.10. The summed E-state index contributed by atoms with van der Waals surface area (Å²) < 4.78 is 0. The van der Waals surface area contributed by atoms with Gasteiger partial charge in [-0.05, 0) is 25.5 Å². The molecule has 0 aliphatic carbocycles. The summed E-state index contributed by atoms with van der Waals surface area (Å²) in [5.41, 5.74) is 3.51. The summed E-state index contributed by atoms with van der Waals surface area (Å²) in [5, 5.41) is 0. The Bertz CT molecular complexity index is 363. The van der Waals surface area contributed by atoms with Crippen molar-refractivity contribution >= 4 is 11.3 Å². The van der Waals surface area contributed by atoms with Crippen molar-refractivity contribution in [1.82, 2.24) is 0 Å². The van der Waals surface area contributed by atoms with E-state index in [4.69, 9.17) is 0 Å². The normalized spacial score (nSPS) is 10.6. The topological polar surface area (TPSA) is 3.24 Å². The zero-order chi connectivity index (χ0) is 11.3. The maximum Gasteiger partial charge on any atom is 0.0442 e. The standard InChI is InChI=1S/C14H19N/c1-5-9-12(3)13-10-7-8-11-14(13)15(4)6-2/h5,7-11H,3,6H2,1-2,4H3/b9-5-. The highest BCUT2D eigenvalue weighted by Gasteiger charge is 2.05. The molecule has 0 heterocycles. The summed E-state index contributed by atoms with van der Waals surface area (Å²) in [6.07, 6.45) is 4.06. The first-order valence-corrected chi connectivity index (χ1v) is 5.32. The number of para-hydroxylation sites is 1. The average molecular weight is 201 g/mol. The van der Waals surface area contributed by atoms with E-state index in [2.05, 4.69) is 49.7 Å². The van der Waals surface area contributed by atoms with Crippen LogP contribution in [-0.2, 0) is 0 Å². The second-order valence-corrected chi connectivity index (χ2v) is 3.56. The van der Waals surface area contributed by atoms with Crippen LogP contribution in [0, 0.1) is 0 Å². The number of hydrogen-bond donors (Lipinski definition) is 0. The molecule has 1 nitrogen and oxygen atoms in total. The van der Waals surface area contributed by atoms with E-state index in [1.54, 1.807) is 0 Å². The van der Waals surface area contributed by atoms with E-state index in [9.17, 15) is 0 Å². The zero-order valence-electron chi connectivity index (χ0n) is 9.83. The molecule has 0 N–H and O–H groups in total. The van der Waals surface area contributed by atoms with Crippen LogP contribution in [0.1, 0.15) is 19.4 Å². The lowest BCUT2D eigenvalue weighted by molar-refractivity contribution is 0.966. The van der Waals surface area contributed by atoms with Crippen LogP contribution in [0.2, 0.25) is 0 Å². The molecule has 0 unspecified atom stereocenters. The van der Waals surface area contributed by atoms with Crippen LogP contribution in [0.25, 0.3) is 5.57 Å². The molecule has 0 spiro atoms. The Morgan fingerprint density at radius 3 is 2.67 bits per heavy atom. The maximum absolute atomic E-state index is 4.08. The average Bonchev–Trinajstić information content (AvgIpc) is 2.28. The molecule has 15 heavy (non-hydrogen) atoms. The van der Waals surface area contributed by atoms with Gasteiger partial charge in [-0.15, -0.1) is 0 Å². The predicted molar refractivity (Wildman–Crippen MR) is 69.2 cm³/mol. The Morgan fingerprint density at radius 1 is 1.40 bits per heavy atom. The second-order valence-electron chi connectivity index (χ2n) is 3.56. The van der Waals surface area contributed by atoms with Gasteiger partial charge < -0.3 is 4.90 Å². The fourth-order valence-electron chi connectivity index (χ4n) is 1.54. The van der Waals surface area contributed by atoms with Crippen LogP contribution < -0.4 is 4.90 Å². The molecule has 1 heteroatoms. The van der Waals surface area contributed by atoms with Gasteiger partial charge in [0, 0.05) is 24.8 Å².